The summed E-state index contributed by atoms with van der Waals surface area (Å²) in [6.07, 6.45) is -0.422. The van der Waals surface area contributed by atoms with E-state index in [2.05, 4.69) is 13.1 Å². The van der Waals surface area contributed by atoms with Gasteiger partial charge in [0.1, 0.15) is 12.7 Å². The van der Waals surface area contributed by atoms with Crippen LogP contribution in [0.2, 0.25) is 13.1 Å². The van der Waals surface area contributed by atoms with Crippen molar-refractivity contribution in [2.75, 3.05) is 13.2 Å². The van der Waals surface area contributed by atoms with Gasteiger partial charge in [0.05, 0.1) is 6.61 Å². The fraction of sp³-hybridized carbons (Fsp3) is 0.917. The summed E-state index contributed by atoms with van der Waals surface area (Å²) in [4.78, 5) is 11.8. The molecule has 0 saturated carbocycles. The van der Waals surface area contributed by atoms with E-state index in [0.29, 0.717) is 6.61 Å². The minimum Gasteiger partial charge on any atom is -0.412 e. The second kappa shape index (κ2) is 5.18. The molecule has 0 aliphatic carbocycles. The molecule has 0 amide bonds. The fourth-order valence-corrected chi connectivity index (χ4v) is 2.21. The Morgan fingerprint density at radius 3 is 2.53 bits per heavy atom. The van der Waals surface area contributed by atoms with Gasteiger partial charge >= 0.3 is 0 Å². The molecule has 1 radical (unpaired) electrons. The molecule has 1 fully saturated rings. The molecular weight excluding hydrogens is 236 g/mol. The van der Waals surface area contributed by atoms with Crippen molar-refractivity contribution in [2.24, 2.45) is 5.41 Å². The van der Waals surface area contributed by atoms with Crippen LogP contribution in [0.3, 0.4) is 0 Å². The predicted molar refractivity (Wildman–Crippen MR) is 67.1 cm³/mol. The molecule has 99 valence electrons. The second-order valence-electron chi connectivity index (χ2n) is 5.95. The second-order valence-corrected chi connectivity index (χ2v) is 8.05. The molecule has 1 saturated heterocycles. The quantitative estimate of drug-likeness (QED) is 0.727. The van der Waals surface area contributed by atoms with Crippen LogP contribution in [0.1, 0.15) is 27.7 Å². The first kappa shape index (κ1) is 14.8. The largest absolute Gasteiger partial charge is 0.412 e. The summed E-state index contributed by atoms with van der Waals surface area (Å²) >= 11 is 0. The number of rotatable bonds is 3. The van der Waals surface area contributed by atoms with E-state index < -0.39 is 20.9 Å². The van der Waals surface area contributed by atoms with Gasteiger partial charge < -0.3 is 13.9 Å². The number of carbonyl (C=O) groups excluding carboxylic acids is 1. The van der Waals surface area contributed by atoms with Crippen molar-refractivity contribution in [1.82, 2.24) is 0 Å². The Bertz CT molecular complexity index is 285. The highest BCUT2D eigenvalue weighted by Gasteiger charge is 2.44. The molecule has 0 aromatic carbocycles. The third-order valence-corrected chi connectivity index (χ3v) is 3.31. The Balaban J connectivity index is 2.69. The molecule has 4 nitrogen and oxygen atoms in total. The average molecular weight is 259 g/mol. The monoisotopic (exact) mass is 259 g/mol. The average Bonchev–Trinajstić information content (AvgIpc) is 2.18. The fourth-order valence-electron chi connectivity index (χ4n) is 1.66. The molecule has 0 bridgehead atoms. The van der Waals surface area contributed by atoms with Gasteiger partial charge in [-0.3, -0.25) is 4.79 Å². The first-order chi connectivity index (χ1) is 7.64. The zero-order chi connectivity index (χ0) is 13.3. The molecule has 5 heteroatoms. The van der Waals surface area contributed by atoms with Gasteiger partial charge in [0.2, 0.25) is 9.04 Å². The maximum Gasteiger partial charge on any atom is 0.205 e. The summed E-state index contributed by atoms with van der Waals surface area (Å²) in [6.45, 7) is 12.4. The molecule has 2 atom stereocenters. The van der Waals surface area contributed by atoms with Crippen LogP contribution in [0.5, 0.6) is 0 Å². The topological polar surface area (TPSA) is 44.8 Å². The van der Waals surface area contributed by atoms with Crippen LogP contribution >= 0.6 is 0 Å². The van der Waals surface area contributed by atoms with E-state index in [1.54, 1.807) is 0 Å². The number of Topliss-reactive ketones (excluding diaryl/α,β-unsaturated/α-hetero) is 1. The zero-order valence-electron chi connectivity index (χ0n) is 11.6. The number of ether oxygens (including phenoxy) is 2. The molecule has 0 aromatic rings. The van der Waals surface area contributed by atoms with E-state index in [1.165, 1.54) is 0 Å². The van der Waals surface area contributed by atoms with E-state index in [4.69, 9.17) is 13.9 Å². The molecule has 0 unspecified atom stereocenters. The summed E-state index contributed by atoms with van der Waals surface area (Å²) in [7, 11) is -0.782. The standard InChI is InChI=1S/C12H23O4Si/c1-11(2,3)10-9(13)7-14-12(4,16-10)8-15-17(5)6/h10H,7-8H2,1-6H3/t10-,12-/m1/s1. The van der Waals surface area contributed by atoms with Gasteiger partial charge in [0.25, 0.3) is 0 Å². The Kier molecular flexibility index (Phi) is 4.52. The van der Waals surface area contributed by atoms with E-state index in [-0.39, 0.29) is 17.8 Å². The van der Waals surface area contributed by atoms with Crippen LogP contribution < -0.4 is 0 Å². The Morgan fingerprint density at radius 2 is 2.06 bits per heavy atom. The van der Waals surface area contributed by atoms with Crippen molar-refractivity contribution in [2.45, 2.75) is 52.7 Å². The highest BCUT2D eigenvalue weighted by Crippen LogP contribution is 2.31. The van der Waals surface area contributed by atoms with Crippen molar-refractivity contribution < 1.29 is 18.7 Å². The Hall–Kier alpha value is -0.233. The first-order valence-electron chi connectivity index (χ1n) is 5.91. The van der Waals surface area contributed by atoms with Gasteiger partial charge in [-0.2, -0.15) is 0 Å². The third kappa shape index (κ3) is 4.17. The highest BCUT2D eigenvalue weighted by atomic mass is 28.3. The molecular formula is C12H23O4Si. The summed E-state index contributed by atoms with van der Waals surface area (Å²) < 4.78 is 16.9. The lowest BCUT2D eigenvalue weighted by Crippen LogP contribution is -2.55. The normalized spacial score (nSPS) is 31.0. The predicted octanol–water partition coefficient (Wildman–Crippen LogP) is 2.00. The van der Waals surface area contributed by atoms with Crippen LogP contribution in [0, 0.1) is 5.41 Å². The van der Waals surface area contributed by atoms with Gasteiger partial charge in [-0.05, 0) is 25.4 Å². The maximum absolute atomic E-state index is 11.8. The lowest BCUT2D eigenvalue weighted by Gasteiger charge is -2.42. The summed E-state index contributed by atoms with van der Waals surface area (Å²) in [5.74, 6) is -0.790. The van der Waals surface area contributed by atoms with Crippen LogP contribution in [0.15, 0.2) is 0 Å². The van der Waals surface area contributed by atoms with Crippen LogP contribution in [0.25, 0.3) is 0 Å². The Labute approximate surface area is 105 Å². The minimum atomic E-state index is -0.798. The zero-order valence-corrected chi connectivity index (χ0v) is 12.6. The van der Waals surface area contributed by atoms with E-state index in [9.17, 15) is 4.79 Å². The summed E-state index contributed by atoms with van der Waals surface area (Å²) in [5, 5.41) is 0. The van der Waals surface area contributed by atoms with Crippen molar-refractivity contribution in [3.05, 3.63) is 0 Å². The molecule has 1 aliphatic rings. The molecule has 0 spiro atoms. The SMILES string of the molecule is C[Si](C)OC[C@]1(C)OCC(=O)[C@H](C(C)(C)C)O1. The third-order valence-electron chi connectivity index (χ3n) is 2.59. The van der Waals surface area contributed by atoms with E-state index in [0.717, 1.165) is 0 Å². The number of hydrogen-bond donors (Lipinski definition) is 0. The lowest BCUT2D eigenvalue weighted by atomic mass is 9.86. The van der Waals surface area contributed by atoms with Gasteiger partial charge in [0, 0.05) is 0 Å². The van der Waals surface area contributed by atoms with Gasteiger partial charge in [-0.25, -0.2) is 0 Å². The maximum atomic E-state index is 11.8. The lowest BCUT2D eigenvalue weighted by molar-refractivity contribution is -0.290. The van der Waals surface area contributed by atoms with Gasteiger partial charge in [-0.1, -0.05) is 20.8 Å². The smallest absolute Gasteiger partial charge is 0.205 e. The number of carbonyl (C=O) groups is 1. The summed E-state index contributed by atoms with van der Waals surface area (Å²) in [6, 6.07) is 0. The van der Waals surface area contributed by atoms with Crippen LogP contribution in [-0.2, 0) is 18.7 Å². The first-order valence-corrected chi connectivity index (χ1v) is 8.32. The molecule has 0 N–H and O–H groups in total. The number of ketones is 1. The van der Waals surface area contributed by atoms with E-state index >= 15 is 0 Å². The van der Waals surface area contributed by atoms with Crippen molar-refractivity contribution >= 4 is 14.8 Å². The van der Waals surface area contributed by atoms with Crippen molar-refractivity contribution in [3.63, 3.8) is 0 Å². The van der Waals surface area contributed by atoms with Crippen molar-refractivity contribution in [1.29, 1.82) is 0 Å². The molecule has 17 heavy (non-hydrogen) atoms. The molecule has 1 heterocycles. The molecule has 1 aliphatic heterocycles. The highest BCUT2D eigenvalue weighted by molar-refractivity contribution is 6.48. The minimum absolute atomic E-state index is 0.00787. The van der Waals surface area contributed by atoms with Crippen LogP contribution in [0.4, 0.5) is 0 Å². The van der Waals surface area contributed by atoms with Gasteiger partial charge in [-0.15, -0.1) is 0 Å². The molecule has 1 rings (SSSR count). The number of hydrogen-bond acceptors (Lipinski definition) is 4. The van der Waals surface area contributed by atoms with Gasteiger partial charge in [0.15, 0.2) is 11.6 Å². The van der Waals surface area contributed by atoms with Crippen LogP contribution in [-0.4, -0.2) is 39.9 Å². The molecule has 0 aromatic heterocycles. The Morgan fingerprint density at radius 1 is 1.47 bits per heavy atom. The van der Waals surface area contributed by atoms with E-state index in [1.807, 2.05) is 27.7 Å². The van der Waals surface area contributed by atoms with Crippen molar-refractivity contribution in [3.8, 4) is 0 Å². The summed E-state index contributed by atoms with van der Waals surface area (Å²) in [5.41, 5.74) is -0.214.